The number of anilines is 1. The Morgan fingerprint density at radius 3 is 2.87 bits per heavy atom. The number of nitrogens with zero attached hydrogens (tertiary/aromatic N) is 1. The van der Waals surface area contributed by atoms with Crippen LogP contribution in [-0.2, 0) is 0 Å². The maximum atomic E-state index is 5.64. The maximum absolute atomic E-state index is 5.64. The summed E-state index contributed by atoms with van der Waals surface area (Å²) >= 11 is 0. The zero-order valence-corrected chi connectivity index (χ0v) is 9.79. The summed E-state index contributed by atoms with van der Waals surface area (Å²) in [5.41, 5.74) is 7.29. The second-order valence-electron chi connectivity index (χ2n) is 4.10. The molecule has 0 aliphatic rings. The van der Waals surface area contributed by atoms with Crippen LogP contribution in [-0.4, -0.2) is 11.6 Å². The molecule has 15 heavy (non-hydrogen) atoms. The summed E-state index contributed by atoms with van der Waals surface area (Å²) in [6.45, 7) is 7.06. The van der Waals surface area contributed by atoms with E-state index >= 15 is 0 Å². The van der Waals surface area contributed by atoms with Crippen LogP contribution >= 0.6 is 0 Å². The van der Waals surface area contributed by atoms with Crippen LogP contribution < -0.4 is 10.5 Å². The highest BCUT2D eigenvalue weighted by Gasteiger charge is 2.05. The van der Waals surface area contributed by atoms with E-state index in [0.29, 0.717) is 17.5 Å². The fourth-order valence-corrected chi connectivity index (χ4v) is 1.53. The first-order valence-corrected chi connectivity index (χ1v) is 5.48. The summed E-state index contributed by atoms with van der Waals surface area (Å²) in [6, 6.07) is 1.88. The molecule has 0 radical (unpaired) electrons. The molecule has 0 saturated carbocycles. The molecule has 0 aliphatic carbocycles. The number of hydrogen-bond donors (Lipinski definition) is 1. The first kappa shape index (κ1) is 11.8. The van der Waals surface area contributed by atoms with E-state index in [1.165, 1.54) is 12.8 Å². The molecule has 0 spiro atoms. The molecule has 0 saturated heterocycles. The third-order valence-corrected chi connectivity index (χ3v) is 2.34. The van der Waals surface area contributed by atoms with Gasteiger partial charge in [-0.15, -0.1) is 0 Å². The van der Waals surface area contributed by atoms with Gasteiger partial charge < -0.3 is 10.5 Å². The van der Waals surface area contributed by atoms with E-state index < -0.39 is 0 Å². The van der Waals surface area contributed by atoms with Crippen molar-refractivity contribution in [3.63, 3.8) is 0 Å². The minimum Gasteiger partial charge on any atom is -0.477 e. The number of aromatic nitrogens is 1. The van der Waals surface area contributed by atoms with Crippen molar-refractivity contribution in [2.24, 2.45) is 5.92 Å². The van der Waals surface area contributed by atoms with Crippen LogP contribution in [0.3, 0.4) is 0 Å². The number of pyridine rings is 1. The van der Waals surface area contributed by atoms with E-state index in [9.17, 15) is 0 Å². The van der Waals surface area contributed by atoms with Crippen LogP contribution in [0, 0.1) is 12.8 Å². The van der Waals surface area contributed by atoms with Crippen molar-refractivity contribution >= 4 is 5.69 Å². The fraction of sp³-hybridized carbons (Fsp3) is 0.583. The molecular weight excluding hydrogens is 188 g/mol. The van der Waals surface area contributed by atoms with E-state index in [4.69, 9.17) is 10.5 Å². The first-order chi connectivity index (χ1) is 7.13. The van der Waals surface area contributed by atoms with Gasteiger partial charge >= 0.3 is 0 Å². The zero-order chi connectivity index (χ0) is 11.3. The Labute approximate surface area is 91.7 Å². The van der Waals surface area contributed by atoms with Gasteiger partial charge in [0, 0.05) is 5.56 Å². The second kappa shape index (κ2) is 5.59. The topological polar surface area (TPSA) is 48.1 Å². The molecular formula is C12H20N2O. The number of nitrogen functional groups attached to an aromatic ring is 1. The average Bonchev–Trinajstić information content (AvgIpc) is 2.17. The third kappa shape index (κ3) is 3.78. The van der Waals surface area contributed by atoms with E-state index in [-0.39, 0.29) is 0 Å². The Balaban J connectivity index is 2.50. The van der Waals surface area contributed by atoms with Crippen molar-refractivity contribution in [3.05, 3.63) is 17.8 Å². The largest absolute Gasteiger partial charge is 0.477 e. The Bertz CT molecular complexity index is 312. The van der Waals surface area contributed by atoms with Crippen molar-refractivity contribution in [1.82, 2.24) is 4.98 Å². The summed E-state index contributed by atoms with van der Waals surface area (Å²) in [5.74, 6) is 1.28. The summed E-state index contributed by atoms with van der Waals surface area (Å²) < 4.78 is 5.64. The summed E-state index contributed by atoms with van der Waals surface area (Å²) in [4.78, 5) is 4.16. The fourth-order valence-electron chi connectivity index (χ4n) is 1.53. The minimum absolute atomic E-state index is 0.578. The molecule has 0 fully saturated rings. The van der Waals surface area contributed by atoms with Gasteiger partial charge in [0.1, 0.15) is 0 Å². The molecule has 0 aromatic carbocycles. The van der Waals surface area contributed by atoms with Gasteiger partial charge in [-0.2, -0.15) is 0 Å². The predicted molar refractivity (Wildman–Crippen MR) is 63.0 cm³/mol. The van der Waals surface area contributed by atoms with Crippen molar-refractivity contribution < 1.29 is 4.74 Å². The highest BCUT2D eigenvalue weighted by Crippen LogP contribution is 2.17. The summed E-state index contributed by atoms with van der Waals surface area (Å²) in [6.07, 6.45) is 4.01. The van der Waals surface area contributed by atoms with Crippen LogP contribution in [0.4, 0.5) is 5.69 Å². The van der Waals surface area contributed by atoms with Crippen LogP contribution in [0.25, 0.3) is 0 Å². The SMILES string of the molecule is CCCC(C)COc1ncc(N)cc1C. The Morgan fingerprint density at radius 2 is 2.27 bits per heavy atom. The molecule has 1 aromatic rings. The van der Waals surface area contributed by atoms with Crippen LogP contribution in [0.15, 0.2) is 12.3 Å². The van der Waals surface area contributed by atoms with Gasteiger partial charge in [0.2, 0.25) is 5.88 Å². The minimum atomic E-state index is 0.578. The van der Waals surface area contributed by atoms with Crippen molar-refractivity contribution in [2.75, 3.05) is 12.3 Å². The van der Waals surface area contributed by atoms with E-state index in [1.807, 2.05) is 13.0 Å². The molecule has 1 aromatic heterocycles. The third-order valence-electron chi connectivity index (χ3n) is 2.34. The van der Waals surface area contributed by atoms with Crippen molar-refractivity contribution in [3.8, 4) is 5.88 Å². The van der Waals surface area contributed by atoms with Gasteiger partial charge in [-0.05, 0) is 25.3 Å². The van der Waals surface area contributed by atoms with Gasteiger partial charge in [-0.3, -0.25) is 0 Å². The normalized spacial score (nSPS) is 12.5. The standard InChI is InChI=1S/C12H20N2O/c1-4-5-9(2)8-15-12-10(3)6-11(13)7-14-12/h6-7,9H,4-5,8,13H2,1-3H3. The molecule has 0 amide bonds. The smallest absolute Gasteiger partial charge is 0.216 e. The van der Waals surface area contributed by atoms with E-state index in [2.05, 4.69) is 18.8 Å². The number of nitrogens with two attached hydrogens (primary N) is 1. The van der Waals surface area contributed by atoms with Crippen LogP contribution in [0.1, 0.15) is 32.3 Å². The Morgan fingerprint density at radius 1 is 1.53 bits per heavy atom. The predicted octanol–water partition coefficient (Wildman–Crippen LogP) is 2.79. The van der Waals surface area contributed by atoms with Gasteiger partial charge in [-0.1, -0.05) is 20.3 Å². The molecule has 0 bridgehead atoms. The summed E-state index contributed by atoms with van der Waals surface area (Å²) in [5, 5.41) is 0. The van der Waals surface area contributed by atoms with Gasteiger partial charge in [-0.25, -0.2) is 4.98 Å². The Kier molecular flexibility index (Phi) is 4.40. The number of hydrogen-bond acceptors (Lipinski definition) is 3. The van der Waals surface area contributed by atoms with Crippen molar-refractivity contribution in [1.29, 1.82) is 0 Å². The molecule has 1 atom stereocenters. The maximum Gasteiger partial charge on any atom is 0.216 e. The van der Waals surface area contributed by atoms with Crippen LogP contribution in [0.5, 0.6) is 5.88 Å². The lowest BCUT2D eigenvalue weighted by molar-refractivity contribution is 0.241. The molecule has 2 N–H and O–H groups in total. The lowest BCUT2D eigenvalue weighted by atomic mass is 10.1. The second-order valence-corrected chi connectivity index (χ2v) is 4.10. The van der Waals surface area contributed by atoms with Gasteiger partial charge in [0.15, 0.2) is 0 Å². The number of ether oxygens (including phenoxy) is 1. The molecule has 1 heterocycles. The van der Waals surface area contributed by atoms with E-state index in [1.54, 1.807) is 6.20 Å². The van der Waals surface area contributed by atoms with Gasteiger partial charge in [0.25, 0.3) is 0 Å². The quantitative estimate of drug-likeness (QED) is 0.809. The Hall–Kier alpha value is -1.25. The number of rotatable bonds is 5. The first-order valence-electron chi connectivity index (χ1n) is 5.48. The lowest BCUT2D eigenvalue weighted by Gasteiger charge is -2.12. The van der Waals surface area contributed by atoms with E-state index in [0.717, 1.165) is 12.2 Å². The molecule has 3 nitrogen and oxygen atoms in total. The van der Waals surface area contributed by atoms with Gasteiger partial charge in [0.05, 0.1) is 18.5 Å². The summed E-state index contributed by atoms with van der Waals surface area (Å²) in [7, 11) is 0. The average molecular weight is 208 g/mol. The zero-order valence-electron chi connectivity index (χ0n) is 9.79. The molecule has 84 valence electrons. The highest BCUT2D eigenvalue weighted by atomic mass is 16.5. The molecule has 3 heteroatoms. The molecule has 1 unspecified atom stereocenters. The number of aryl methyl sites for hydroxylation is 1. The molecule has 0 aliphatic heterocycles. The highest BCUT2D eigenvalue weighted by molar-refractivity contribution is 5.41. The lowest BCUT2D eigenvalue weighted by Crippen LogP contribution is -2.09. The van der Waals surface area contributed by atoms with Crippen molar-refractivity contribution in [2.45, 2.75) is 33.6 Å². The van der Waals surface area contributed by atoms with Crippen LogP contribution in [0.2, 0.25) is 0 Å². The molecule has 1 rings (SSSR count). The monoisotopic (exact) mass is 208 g/mol.